The predicted octanol–water partition coefficient (Wildman–Crippen LogP) is -0.175. The molecule has 1 aromatic heterocycles. The highest BCUT2D eigenvalue weighted by Gasteiger charge is 2.11. The van der Waals surface area contributed by atoms with Crippen molar-refractivity contribution in [3.63, 3.8) is 0 Å². The molecule has 0 saturated heterocycles. The van der Waals surface area contributed by atoms with Crippen LogP contribution in [-0.4, -0.2) is 39.1 Å². The Labute approximate surface area is 105 Å². The number of carbonyl (C=O) groups is 2. The van der Waals surface area contributed by atoms with Gasteiger partial charge in [0, 0.05) is 19.3 Å². The number of hydrogen-bond acceptors (Lipinski definition) is 4. The van der Waals surface area contributed by atoms with E-state index in [0.717, 1.165) is 6.42 Å². The van der Waals surface area contributed by atoms with Crippen LogP contribution in [0.25, 0.3) is 0 Å². The number of carboxylic acids is 1. The average molecular weight is 254 g/mol. The number of imidazole rings is 1. The summed E-state index contributed by atoms with van der Waals surface area (Å²) in [5.74, 6) is -1.25. The molecule has 0 aliphatic heterocycles. The molecule has 0 aliphatic rings. The van der Waals surface area contributed by atoms with E-state index in [-0.39, 0.29) is 11.6 Å². The third kappa shape index (κ3) is 4.17. The summed E-state index contributed by atoms with van der Waals surface area (Å²) in [6, 6.07) is -0.479. The first kappa shape index (κ1) is 14.2. The lowest BCUT2D eigenvalue weighted by Crippen LogP contribution is -2.41. The first-order valence-corrected chi connectivity index (χ1v) is 5.83. The first-order valence-electron chi connectivity index (χ1n) is 5.83. The topological polar surface area (TPSA) is 110 Å². The number of nitrogens with two attached hydrogens (primary N) is 1. The van der Waals surface area contributed by atoms with Crippen molar-refractivity contribution in [1.29, 1.82) is 0 Å². The molecule has 7 heteroatoms. The Hall–Kier alpha value is -1.89. The second-order valence-electron chi connectivity index (χ2n) is 3.99. The highest BCUT2D eigenvalue weighted by atomic mass is 16.4. The average Bonchev–Trinajstić information content (AvgIpc) is 2.78. The minimum absolute atomic E-state index is 0.0102. The van der Waals surface area contributed by atoms with Gasteiger partial charge in [-0.3, -0.25) is 4.79 Å². The maximum Gasteiger partial charge on any atom is 0.356 e. The van der Waals surface area contributed by atoms with Crippen LogP contribution in [0.1, 0.15) is 30.3 Å². The van der Waals surface area contributed by atoms with E-state index < -0.39 is 12.0 Å². The van der Waals surface area contributed by atoms with Gasteiger partial charge in [0.05, 0.1) is 12.4 Å². The van der Waals surface area contributed by atoms with E-state index in [9.17, 15) is 9.59 Å². The van der Waals surface area contributed by atoms with Crippen molar-refractivity contribution in [1.82, 2.24) is 14.9 Å². The minimum atomic E-state index is -1.07. The Morgan fingerprint density at radius 2 is 2.33 bits per heavy atom. The fraction of sp³-hybridized carbons (Fsp3) is 0.545. The summed E-state index contributed by atoms with van der Waals surface area (Å²) >= 11 is 0. The number of rotatable bonds is 7. The van der Waals surface area contributed by atoms with Crippen LogP contribution in [0.3, 0.4) is 0 Å². The molecule has 1 heterocycles. The second kappa shape index (κ2) is 6.75. The van der Waals surface area contributed by atoms with Crippen LogP contribution >= 0.6 is 0 Å². The fourth-order valence-electron chi connectivity index (χ4n) is 1.47. The number of aromatic carboxylic acids is 1. The number of carbonyl (C=O) groups excluding carboxylic acids is 1. The van der Waals surface area contributed by atoms with Gasteiger partial charge in [0.25, 0.3) is 0 Å². The maximum absolute atomic E-state index is 11.5. The van der Waals surface area contributed by atoms with Crippen molar-refractivity contribution >= 4 is 11.9 Å². The molecular formula is C11H18N4O3. The Morgan fingerprint density at radius 3 is 2.89 bits per heavy atom. The third-order valence-corrected chi connectivity index (χ3v) is 2.46. The summed E-state index contributed by atoms with van der Waals surface area (Å²) in [5, 5.41) is 11.4. The molecule has 0 radical (unpaired) electrons. The molecule has 1 rings (SSSR count). The highest BCUT2D eigenvalue weighted by Crippen LogP contribution is 1.96. The zero-order valence-electron chi connectivity index (χ0n) is 10.3. The molecule has 1 aromatic rings. The van der Waals surface area contributed by atoms with Crippen LogP contribution in [-0.2, 0) is 11.3 Å². The maximum atomic E-state index is 11.5. The normalized spacial score (nSPS) is 12.1. The predicted molar refractivity (Wildman–Crippen MR) is 65.1 cm³/mol. The standard InChI is InChI=1S/C11H18N4O3/c1-2-3-8(12)10(16)13-4-5-15-6-9(11(17)18)14-7-15/h6-8H,2-5,12H2,1H3,(H,13,16)(H,17,18)/t8-/m0/s1. The molecule has 0 bridgehead atoms. The number of nitrogens with zero attached hydrogens (tertiary/aromatic N) is 2. The second-order valence-corrected chi connectivity index (χ2v) is 3.99. The lowest BCUT2D eigenvalue weighted by molar-refractivity contribution is -0.122. The van der Waals surface area contributed by atoms with E-state index in [1.165, 1.54) is 12.5 Å². The van der Waals surface area contributed by atoms with Gasteiger partial charge in [0.15, 0.2) is 5.69 Å². The number of amides is 1. The highest BCUT2D eigenvalue weighted by molar-refractivity contribution is 5.84. The van der Waals surface area contributed by atoms with Crippen molar-refractivity contribution in [2.24, 2.45) is 5.73 Å². The van der Waals surface area contributed by atoms with Gasteiger partial charge < -0.3 is 20.7 Å². The quantitative estimate of drug-likeness (QED) is 0.625. The molecular weight excluding hydrogens is 236 g/mol. The van der Waals surface area contributed by atoms with Gasteiger partial charge in [-0.15, -0.1) is 0 Å². The van der Waals surface area contributed by atoms with Crippen LogP contribution in [0.2, 0.25) is 0 Å². The number of nitrogens with one attached hydrogen (secondary N) is 1. The third-order valence-electron chi connectivity index (χ3n) is 2.46. The van der Waals surface area contributed by atoms with Gasteiger partial charge in [-0.1, -0.05) is 13.3 Å². The molecule has 18 heavy (non-hydrogen) atoms. The zero-order valence-corrected chi connectivity index (χ0v) is 10.3. The van der Waals surface area contributed by atoms with Crippen LogP contribution in [0.15, 0.2) is 12.5 Å². The molecule has 0 fully saturated rings. The van der Waals surface area contributed by atoms with Crippen LogP contribution < -0.4 is 11.1 Å². The van der Waals surface area contributed by atoms with E-state index in [4.69, 9.17) is 10.8 Å². The zero-order chi connectivity index (χ0) is 13.5. The molecule has 0 aliphatic carbocycles. The molecule has 7 nitrogen and oxygen atoms in total. The molecule has 0 spiro atoms. The Morgan fingerprint density at radius 1 is 1.61 bits per heavy atom. The Balaban J connectivity index is 2.32. The number of aromatic nitrogens is 2. The summed E-state index contributed by atoms with van der Waals surface area (Å²) < 4.78 is 1.61. The smallest absolute Gasteiger partial charge is 0.356 e. The Bertz CT molecular complexity index is 416. The van der Waals surface area contributed by atoms with Crippen molar-refractivity contribution in [2.45, 2.75) is 32.4 Å². The molecule has 0 saturated carbocycles. The molecule has 100 valence electrons. The summed E-state index contributed by atoms with van der Waals surface area (Å²) in [6.45, 7) is 2.82. The van der Waals surface area contributed by atoms with Gasteiger partial charge in [-0.25, -0.2) is 9.78 Å². The van der Waals surface area contributed by atoms with E-state index >= 15 is 0 Å². The van der Waals surface area contributed by atoms with Gasteiger partial charge in [0.1, 0.15) is 0 Å². The number of carboxylic acid groups (broad SMARTS) is 1. The van der Waals surface area contributed by atoms with E-state index in [1.807, 2.05) is 6.92 Å². The van der Waals surface area contributed by atoms with Crippen LogP contribution in [0.4, 0.5) is 0 Å². The van der Waals surface area contributed by atoms with Crippen molar-refractivity contribution in [2.75, 3.05) is 6.54 Å². The van der Waals surface area contributed by atoms with E-state index in [1.54, 1.807) is 4.57 Å². The fourth-order valence-corrected chi connectivity index (χ4v) is 1.47. The molecule has 0 aromatic carbocycles. The van der Waals surface area contributed by atoms with Crippen LogP contribution in [0.5, 0.6) is 0 Å². The molecule has 1 atom stereocenters. The van der Waals surface area contributed by atoms with Crippen molar-refractivity contribution in [3.05, 3.63) is 18.2 Å². The van der Waals surface area contributed by atoms with Crippen molar-refractivity contribution in [3.8, 4) is 0 Å². The lowest BCUT2D eigenvalue weighted by Gasteiger charge is -2.11. The van der Waals surface area contributed by atoms with Crippen molar-refractivity contribution < 1.29 is 14.7 Å². The van der Waals surface area contributed by atoms with Gasteiger partial charge >= 0.3 is 5.97 Å². The monoisotopic (exact) mass is 254 g/mol. The number of hydrogen-bond donors (Lipinski definition) is 3. The Kier molecular flexibility index (Phi) is 5.31. The summed E-state index contributed by atoms with van der Waals surface area (Å²) in [4.78, 5) is 25.8. The molecule has 1 amide bonds. The minimum Gasteiger partial charge on any atom is -0.476 e. The summed E-state index contributed by atoms with van der Waals surface area (Å²) in [7, 11) is 0. The lowest BCUT2D eigenvalue weighted by atomic mass is 10.2. The van der Waals surface area contributed by atoms with Gasteiger partial charge in [-0.2, -0.15) is 0 Å². The summed E-state index contributed by atoms with van der Waals surface area (Å²) in [6.07, 6.45) is 4.35. The van der Waals surface area contributed by atoms with Gasteiger partial charge in [-0.05, 0) is 6.42 Å². The van der Waals surface area contributed by atoms with Crippen LogP contribution in [0, 0.1) is 0 Å². The molecule has 0 unspecified atom stereocenters. The van der Waals surface area contributed by atoms with Gasteiger partial charge in [0.2, 0.25) is 5.91 Å². The van der Waals surface area contributed by atoms with E-state index in [2.05, 4.69) is 10.3 Å². The molecule has 4 N–H and O–H groups in total. The first-order chi connectivity index (χ1) is 8.54. The summed E-state index contributed by atoms with van der Waals surface area (Å²) in [5.41, 5.74) is 5.63. The largest absolute Gasteiger partial charge is 0.476 e. The SMILES string of the molecule is CCC[C@H](N)C(=O)NCCn1cnc(C(=O)O)c1. The van der Waals surface area contributed by atoms with E-state index in [0.29, 0.717) is 19.5 Å².